The van der Waals surface area contributed by atoms with E-state index in [2.05, 4.69) is 15.6 Å². The first-order valence-electron chi connectivity index (χ1n) is 5.45. The largest absolute Gasteiger partial charge is 0.444 e. The Morgan fingerprint density at radius 2 is 2.11 bits per heavy atom. The van der Waals surface area contributed by atoms with Gasteiger partial charge in [-0.2, -0.15) is 0 Å². The molecule has 0 aliphatic heterocycles. The standard InChI is InChI=1S/C11H17N3O3S/c1-11(2,3)17-10(16)14-9-13-7(6-18-9)5-8(15)12-4/h6H,5H2,1-4H3,(H,12,15)(H,13,14,16). The predicted molar refractivity (Wildman–Crippen MR) is 69.7 cm³/mol. The van der Waals surface area contributed by atoms with Gasteiger partial charge in [0.25, 0.3) is 0 Å². The quantitative estimate of drug-likeness (QED) is 0.878. The highest BCUT2D eigenvalue weighted by Gasteiger charge is 2.17. The first kappa shape index (κ1) is 14.4. The smallest absolute Gasteiger partial charge is 0.413 e. The van der Waals surface area contributed by atoms with E-state index >= 15 is 0 Å². The summed E-state index contributed by atoms with van der Waals surface area (Å²) in [6.07, 6.45) is -0.355. The Kier molecular flexibility index (Phi) is 4.66. The van der Waals surface area contributed by atoms with E-state index < -0.39 is 11.7 Å². The molecule has 0 bridgehead atoms. The number of carbonyl (C=O) groups is 2. The minimum Gasteiger partial charge on any atom is -0.444 e. The van der Waals surface area contributed by atoms with E-state index in [-0.39, 0.29) is 12.3 Å². The minimum atomic E-state index is -0.552. The van der Waals surface area contributed by atoms with Crippen LogP contribution in [0.1, 0.15) is 26.5 Å². The highest BCUT2D eigenvalue weighted by atomic mass is 32.1. The number of hydrogen-bond acceptors (Lipinski definition) is 5. The van der Waals surface area contributed by atoms with Gasteiger partial charge >= 0.3 is 6.09 Å². The van der Waals surface area contributed by atoms with Gasteiger partial charge in [0.1, 0.15) is 5.60 Å². The number of hydrogen-bond donors (Lipinski definition) is 2. The SMILES string of the molecule is CNC(=O)Cc1csc(NC(=O)OC(C)(C)C)n1. The van der Waals surface area contributed by atoms with E-state index in [0.29, 0.717) is 10.8 Å². The fourth-order valence-corrected chi connectivity index (χ4v) is 1.79. The number of anilines is 1. The second kappa shape index (κ2) is 5.81. The third kappa shape index (κ3) is 5.13. The van der Waals surface area contributed by atoms with Gasteiger partial charge in [0.15, 0.2) is 5.13 Å². The van der Waals surface area contributed by atoms with Gasteiger partial charge in [-0.15, -0.1) is 11.3 Å². The number of thiazole rings is 1. The van der Waals surface area contributed by atoms with Gasteiger partial charge in [0.2, 0.25) is 5.91 Å². The Labute approximate surface area is 110 Å². The van der Waals surface area contributed by atoms with E-state index in [1.165, 1.54) is 11.3 Å². The Balaban J connectivity index is 2.54. The molecular weight excluding hydrogens is 254 g/mol. The summed E-state index contributed by atoms with van der Waals surface area (Å²) in [5, 5.41) is 7.18. The number of nitrogens with one attached hydrogen (secondary N) is 2. The normalized spacial score (nSPS) is 10.9. The summed E-state index contributed by atoms with van der Waals surface area (Å²) in [4.78, 5) is 26.7. The van der Waals surface area contributed by atoms with E-state index in [9.17, 15) is 9.59 Å². The number of amides is 2. The van der Waals surface area contributed by atoms with Crippen molar-refractivity contribution >= 4 is 28.5 Å². The fraction of sp³-hybridized carbons (Fsp3) is 0.545. The van der Waals surface area contributed by atoms with Crippen LogP contribution in [0, 0.1) is 0 Å². The van der Waals surface area contributed by atoms with Gasteiger partial charge in [0.05, 0.1) is 12.1 Å². The highest BCUT2D eigenvalue weighted by Crippen LogP contribution is 2.17. The first-order chi connectivity index (χ1) is 8.30. The van der Waals surface area contributed by atoms with E-state index in [0.717, 1.165) is 0 Å². The van der Waals surface area contributed by atoms with Crippen molar-refractivity contribution in [2.75, 3.05) is 12.4 Å². The molecule has 100 valence electrons. The third-order valence-corrected chi connectivity index (χ3v) is 2.59. The van der Waals surface area contributed by atoms with Crippen molar-refractivity contribution in [2.45, 2.75) is 32.8 Å². The molecule has 1 aromatic rings. The fourth-order valence-electron chi connectivity index (χ4n) is 1.09. The molecule has 2 amide bonds. The van der Waals surface area contributed by atoms with Crippen molar-refractivity contribution in [1.82, 2.24) is 10.3 Å². The third-order valence-electron chi connectivity index (χ3n) is 1.78. The molecule has 0 radical (unpaired) electrons. The molecule has 0 fully saturated rings. The lowest BCUT2D eigenvalue weighted by Gasteiger charge is -2.18. The maximum atomic E-state index is 11.5. The number of aromatic nitrogens is 1. The van der Waals surface area contributed by atoms with Crippen LogP contribution >= 0.6 is 11.3 Å². The Bertz CT molecular complexity index is 437. The number of carbonyl (C=O) groups excluding carboxylic acids is 2. The van der Waals surface area contributed by atoms with Gasteiger partial charge in [-0.05, 0) is 20.8 Å². The molecule has 0 spiro atoms. The molecule has 6 nitrogen and oxygen atoms in total. The lowest BCUT2D eigenvalue weighted by atomic mass is 10.2. The van der Waals surface area contributed by atoms with Crippen LogP contribution < -0.4 is 10.6 Å². The number of nitrogens with zero attached hydrogens (tertiary/aromatic N) is 1. The average molecular weight is 271 g/mol. The molecule has 1 aromatic heterocycles. The molecule has 0 aliphatic carbocycles. The van der Waals surface area contributed by atoms with Crippen molar-refractivity contribution in [3.63, 3.8) is 0 Å². The maximum absolute atomic E-state index is 11.5. The summed E-state index contributed by atoms with van der Waals surface area (Å²) >= 11 is 1.25. The monoisotopic (exact) mass is 271 g/mol. The number of ether oxygens (including phenoxy) is 1. The van der Waals surface area contributed by atoms with Crippen molar-refractivity contribution in [2.24, 2.45) is 0 Å². The second-order valence-electron chi connectivity index (χ2n) is 4.62. The van der Waals surface area contributed by atoms with Crippen LogP contribution in [0.5, 0.6) is 0 Å². The van der Waals surface area contributed by atoms with Crippen LogP contribution in [-0.4, -0.2) is 29.6 Å². The van der Waals surface area contributed by atoms with E-state index in [1.807, 2.05) is 0 Å². The molecule has 0 saturated heterocycles. The topological polar surface area (TPSA) is 80.3 Å². The van der Waals surface area contributed by atoms with E-state index in [4.69, 9.17) is 4.74 Å². The Hall–Kier alpha value is -1.63. The molecule has 0 atom stereocenters. The number of likely N-dealkylation sites (N-methyl/N-ethyl adjacent to an activating group) is 1. The van der Waals surface area contributed by atoms with Gasteiger partial charge in [-0.3, -0.25) is 10.1 Å². The van der Waals surface area contributed by atoms with Crippen molar-refractivity contribution in [3.8, 4) is 0 Å². The molecule has 0 aliphatic rings. The Morgan fingerprint density at radius 3 is 2.67 bits per heavy atom. The molecule has 7 heteroatoms. The van der Waals surface area contributed by atoms with Gasteiger partial charge < -0.3 is 10.1 Å². The summed E-state index contributed by atoms with van der Waals surface area (Å²) in [6.45, 7) is 5.35. The van der Waals surface area contributed by atoms with Gasteiger partial charge in [0, 0.05) is 12.4 Å². The van der Waals surface area contributed by atoms with Gasteiger partial charge in [-0.25, -0.2) is 9.78 Å². The molecular formula is C11H17N3O3S. The molecule has 2 N–H and O–H groups in total. The summed E-state index contributed by atoms with van der Waals surface area (Å²) < 4.78 is 5.09. The lowest BCUT2D eigenvalue weighted by Crippen LogP contribution is -2.27. The molecule has 1 heterocycles. The first-order valence-corrected chi connectivity index (χ1v) is 6.33. The van der Waals surface area contributed by atoms with Crippen LogP contribution in [0.3, 0.4) is 0 Å². The zero-order chi connectivity index (χ0) is 13.8. The van der Waals surface area contributed by atoms with Crippen LogP contribution in [0.2, 0.25) is 0 Å². The second-order valence-corrected chi connectivity index (χ2v) is 5.48. The molecule has 0 aromatic carbocycles. The maximum Gasteiger partial charge on any atom is 0.413 e. The van der Waals surface area contributed by atoms with Gasteiger partial charge in [-0.1, -0.05) is 0 Å². The van der Waals surface area contributed by atoms with Crippen LogP contribution in [0.25, 0.3) is 0 Å². The molecule has 0 saturated carbocycles. The summed E-state index contributed by atoms with van der Waals surface area (Å²) in [5.74, 6) is -0.121. The predicted octanol–water partition coefficient (Wildman–Crippen LogP) is 1.78. The summed E-state index contributed by atoms with van der Waals surface area (Å²) in [7, 11) is 1.56. The number of rotatable bonds is 3. The molecule has 1 rings (SSSR count). The van der Waals surface area contributed by atoms with Crippen LogP contribution in [-0.2, 0) is 16.0 Å². The van der Waals surface area contributed by atoms with E-state index in [1.54, 1.807) is 33.2 Å². The zero-order valence-electron chi connectivity index (χ0n) is 10.9. The van der Waals surface area contributed by atoms with Crippen molar-refractivity contribution in [1.29, 1.82) is 0 Å². The van der Waals surface area contributed by atoms with Crippen LogP contribution in [0.4, 0.5) is 9.93 Å². The highest BCUT2D eigenvalue weighted by molar-refractivity contribution is 7.13. The van der Waals surface area contributed by atoms with Crippen LogP contribution in [0.15, 0.2) is 5.38 Å². The van der Waals surface area contributed by atoms with Crippen molar-refractivity contribution < 1.29 is 14.3 Å². The molecule has 18 heavy (non-hydrogen) atoms. The lowest BCUT2D eigenvalue weighted by molar-refractivity contribution is -0.120. The summed E-state index contributed by atoms with van der Waals surface area (Å²) in [6, 6.07) is 0. The van der Waals surface area contributed by atoms with Crippen molar-refractivity contribution in [3.05, 3.63) is 11.1 Å². The minimum absolute atomic E-state index is 0.121. The zero-order valence-corrected chi connectivity index (χ0v) is 11.7. The molecule has 0 unspecified atom stereocenters. The average Bonchev–Trinajstić information content (AvgIpc) is 2.62. The Morgan fingerprint density at radius 1 is 1.44 bits per heavy atom. The summed E-state index contributed by atoms with van der Waals surface area (Å²) in [5.41, 5.74) is 0.0668.